The molecule has 10 nitrogen and oxygen atoms in total. The largest absolute Gasteiger partial charge is 0.371 e. The van der Waals surface area contributed by atoms with E-state index < -0.39 is 11.8 Å². The Morgan fingerprint density at radius 2 is 1.52 bits per heavy atom. The Morgan fingerprint density at radius 1 is 1.00 bits per heavy atom. The lowest BCUT2D eigenvalue weighted by molar-refractivity contribution is 0.0598. The Morgan fingerprint density at radius 3 is 1.96 bits per heavy atom. The molecule has 0 bridgehead atoms. The van der Waals surface area contributed by atoms with Crippen molar-refractivity contribution < 1.29 is 24.0 Å². The Balaban J connectivity index is 1.94. The van der Waals surface area contributed by atoms with Crippen molar-refractivity contribution in [2.24, 2.45) is 10.7 Å². The summed E-state index contributed by atoms with van der Waals surface area (Å²) >= 11 is 0. The van der Waals surface area contributed by atoms with Gasteiger partial charge in [-0.15, -0.1) is 9.81 Å². The zero-order valence-electron chi connectivity index (χ0n) is 12.5. The molecule has 0 spiro atoms. The number of hydrogen-bond acceptors (Lipinski definition) is 9. The van der Waals surface area contributed by atoms with Crippen LogP contribution in [0, 0.1) is 9.81 Å². The van der Waals surface area contributed by atoms with Crippen molar-refractivity contribution in [1.29, 1.82) is 0 Å². The summed E-state index contributed by atoms with van der Waals surface area (Å²) < 4.78 is 5.09. The van der Waals surface area contributed by atoms with Gasteiger partial charge in [0, 0.05) is 5.39 Å². The average molecular weight is 343 g/mol. The Labute approximate surface area is 139 Å². The van der Waals surface area contributed by atoms with Gasteiger partial charge < -0.3 is 14.4 Å². The van der Waals surface area contributed by atoms with Crippen LogP contribution in [0.5, 0.6) is 11.5 Å². The first kappa shape index (κ1) is 15.1. The normalized spacial score (nSPS) is 18.2. The number of nitrogens with zero attached hydrogens (tertiary/aromatic N) is 3. The van der Waals surface area contributed by atoms with Gasteiger partial charge in [-0.25, -0.2) is 0 Å². The number of hydrogen-bond donors (Lipinski definition) is 0. The van der Waals surface area contributed by atoms with Gasteiger partial charge in [-0.2, -0.15) is 0 Å². The molecule has 2 aliphatic heterocycles. The predicted octanol–water partition coefficient (Wildman–Crippen LogP) is 1.95. The van der Waals surface area contributed by atoms with Gasteiger partial charge in [0.2, 0.25) is 0 Å². The minimum Gasteiger partial charge on any atom is -0.371 e. The number of carbonyl (C=O) groups excluding carboxylic acids is 2. The summed E-state index contributed by atoms with van der Waals surface area (Å²) in [4.78, 5) is 56.5. The van der Waals surface area contributed by atoms with Crippen LogP contribution in [0.4, 0.5) is 0 Å². The van der Waals surface area contributed by atoms with Crippen LogP contribution in [0.2, 0.25) is 0 Å². The summed E-state index contributed by atoms with van der Waals surface area (Å²) in [6.07, 6.45) is -0.197. The van der Waals surface area contributed by atoms with Gasteiger partial charge in [-0.1, -0.05) is 0 Å². The van der Waals surface area contributed by atoms with Crippen molar-refractivity contribution >= 4 is 22.6 Å². The van der Waals surface area contributed by atoms with Crippen LogP contribution >= 0.6 is 0 Å². The SMILES string of the molecule is O=NOc1cc2c3c(cc(ON=O)cc3c1)C(=O)N(CC1CO1)C2=O. The number of rotatable bonds is 6. The van der Waals surface area contributed by atoms with E-state index in [-0.39, 0.29) is 35.3 Å². The van der Waals surface area contributed by atoms with E-state index in [1.165, 1.54) is 24.3 Å². The third-order valence-electron chi connectivity index (χ3n) is 4.02. The molecule has 1 fully saturated rings. The van der Waals surface area contributed by atoms with Gasteiger partial charge in [-0.3, -0.25) is 14.5 Å². The number of amides is 2. The van der Waals surface area contributed by atoms with Crippen LogP contribution in [-0.4, -0.2) is 36.0 Å². The maximum Gasteiger partial charge on any atom is 0.261 e. The third-order valence-corrected chi connectivity index (χ3v) is 4.02. The number of imide groups is 1. The van der Waals surface area contributed by atoms with Crippen molar-refractivity contribution in [2.45, 2.75) is 6.10 Å². The molecule has 1 saturated heterocycles. The first-order chi connectivity index (χ1) is 12.1. The summed E-state index contributed by atoms with van der Waals surface area (Å²) in [6, 6.07) is 5.48. The fourth-order valence-electron chi connectivity index (χ4n) is 2.92. The molecule has 2 heterocycles. The van der Waals surface area contributed by atoms with Crippen LogP contribution in [-0.2, 0) is 4.74 Å². The maximum atomic E-state index is 12.7. The van der Waals surface area contributed by atoms with Gasteiger partial charge in [0.05, 0.1) is 30.4 Å². The summed E-state index contributed by atoms with van der Waals surface area (Å²) in [5, 5.41) is 5.43. The molecular weight excluding hydrogens is 334 g/mol. The molecule has 2 aromatic carbocycles. The first-order valence-electron chi connectivity index (χ1n) is 7.21. The average Bonchev–Trinajstić information content (AvgIpc) is 3.40. The standard InChI is InChI=1S/C15H9N3O7/c19-14-11-3-8(24-16-21)1-7-2-9(25-17-22)4-12(13(7)11)15(20)18(14)5-10-6-23-10/h1-4,10H,5-6H2. The number of ether oxygens (including phenoxy) is 1. The zero-order valence-corrected chi connectivity index (χ0v) is 12.5. The maximum absolute atomic E-state index is 12.7. The van der Waals surface area contributed by atoms with Gasteiger partial charge >= 0.3 is 0 Å². The van der Waals surface area contributed by atoms with E-state index in [2.05, 4.69) is 20.4 Å². The Bertz CT molecular complexity index is 874. The van der Waals surface area contributed by atoms with E-state index in [9.17, 15) is 19.4 Å². The monoisotopic (exact) mass is 343 g/mol. The second kappa shape index (κ2) is 5.60. The molecule has 0 saturated carbocycles. The highest BCUT2D eigenvalue weighted by Gasteiger charge is 2.38. The van der Waals surface area contributed by atoms with Crippen LogP contribution in [0.3, 0.4) is 0 Å². The van der Waals surface area contributed by atoms with Crippen molar-refractivity contribution in [2.75, 3.05) is 13.2 Å². The summed E-state index contributed by atoms with van der Waals surface area (Å²) in [5.41, 5.74) is 0.356. The van der Waals surface area contributed by atoms with Crippen LogP contribution in [0.25, 0.3) is 10.8 Å². The van der Waals surface area contributed by atoms with Gasteiger partial charge in [-0.05, 0) is 29.7 Å². The minimum absolute atomic E-state index is 0.0185. The summed E-state index contributed by atoms with van der Waals surface area (Å²) in [6.45, 7) is 0.572. The first-order valence-corrected chi connectivity index (χ1v) is 7.21. The molecule has 0 aliphatic carbocycles. The smallest absolute Gasteiger partial charge is 0.261 e. The van der Waals surface area contributed by atoms with Crippen LogP contribution < -0.4 is 9.68 Å². The van der Waals surface area contributed by atoms with E-state index >= 15 is 0 Å². The van der Waals surface area contributed by atoms with E-state index in [1.54, 1.807) is 0 Å². The van der Waals surface area contributed by atoms with Gasteiger partial charge in [0.25, 0.3) is 11.8 Å². The van der Waals surface area contributed by atoms with Crippen molar-refractivity contribution in [1.82, 2.24) is 4.90 Å². The quantitative estimate of drug-likeness (QED) is 0.339. The van der Waals surface area contributed by atoms with E-state index in [0.717, 1.165) is 4.90 Å². The van der Waals surface area contributed by atoms with E-state index in [1.807, 2.05) is 0 Å². The molecule has 10 heteroatoms. The topological polar surface area (TPSA) is 127 Å². The molecule has 1 unspecified atom stereocenters. The van der Waals surface area contributed by atoms with Crippen molar-refractivity contribution in [3.05, 3.63) is 45.2 Å². The molecular formula is C15H9N3O7. The lowest BCUT2D eigenvalue weighted by Gasteiger charge is -2.27. The number of benzene rings is 2. The molecule has 2 aromatic rings. The molecule has 4 rings (SSSR count). The lowest BCUT2D eigenvalue weighted by Crippen LogP contribution is -2.42. The minimum atomic E-state index is -0.531. The van der Waals surface area contributed by atoms with Crippen molar-refractivity contribution in [3.63, 3.8) is 0 Å². The van der Waals surface area contributed by atoms with Crippen LogP contribution in [0.15, 0.2) is 34.9 Å². The highest BCUT2D eigenvalue weighted by Crippen LogP contribution is 2.37. The van der Waals surface area contributed by atoms with Crippen molar-refractivity contribution in [3.8, 4) is 11.5 Å². The molecule has 0 N–H and O–H groups in total. The summed E-state index contributed by atoms with van der Waals surface area (Å²) in [5.74, 6) is -1.02. The Hall–Kier alpha value is -3.40. The van der Waals surface area contributed by atoms with Crippen LogP contribution in [0.1, 0.15) is 20.7 Å². The molecule has 126 valence electrons. The highest BCUT2D eigenvalue weighted by atomic mass is 16.7. The Kier molecular flexibility index (Phi) is 3.39. The molecule has 0 aromatic heterocycles. The zero-order chi connectivity index (χ0) is 17.6. The van der Waals surface area contributed by atoms with Gasteiger partial charge in [0.15, 0.2) is 22.2 Å². The fourth-order valence-corrected chi connectivity index (χ4v) is 2.92. The molecule has 1 atom stereocenters. The molecule has 0 radical (unpaired) electrons. The number of carbonyl (C=O) groups is 2. The van der Waals surface area contributed by atoms with E-state index in [4.69, 9.17) is 4.74 Å². The second-order valence-corrected chi connectivity index (χ2v) is 5.55. The lowest BCUT2D eigenvalue weighted by atomic mass is 9.93. The number of epoxide rings is 1. The predicted molar refractivity (Wildman–Crippen MR) is 81.9 cm³/mol. The second-order valence-electron chi connectivity index (χ2n) is 5.55. The summed E-state index contributed by atoms with van der Waals surface area (Å²) in [7, 11) is 0. The molecule has 2 amide bonds. The van der Waals surface area contributed by atoms with E-state index in [0.29, 0.717) is 17.4 Å². The van der Waals surface area contributed by atoms with Gasteiger partial charge in [0.1, 0.15) is 0 Å². The highest BCUT2D eigenvalue weighted by molar-refractivity contribution is 6.26. The molecule has 25 heavy (non-hydrogen) atoms. The molecule has 2 aliphatic rings. The third kappa shape index (κ3) is 2.48. The fraction of sp³-hybridized carbons (Fsp3) is 0.200.